The Morgan fingerprint density at radius 1 is 1.53 bits per heavy atom. The van der Waals surface area contributed by atoms with E-state index in [1.54, 1.807) is 0 Å². The Morgan fingerprint density at radius 3 is 2.87 bits per heavy atom. The van der Waals surface area contributed by atoms with Crippen LogP contribution in [0.5, 0.6) is 0 Å². The van der Waals surface area contributed by atoms with Gasteiger partial charge >= 0.3 is 0 Å². The van der Waals surface area contributed by atoms with Crippen LogP contribution in [-0.2, 0) is 4.79 Å². The van der Waals surface area contributed by atoms with Crippen LogP contribution in [0.25, 0.3) is 0 Å². The van der Waals surface area contributed by atoms with Gasteiger partial charge in [0.25, 0.3) is 0 Å². The SMILES string of the molecule is CC1CCC(CN2CC(C#N)CC2=O)C1. The molecule has 0 aromatic heterocycles. The summed E-state index contributed by atoms with van der Waals surface area (Å²) < 4.78 is 0. The minimum Gasteiger partial charge on any atom is -0.341 e. The van der Waals surface area contributed by atoms with Crippen LogP contribution in [0.15, 0.2) is 0 Å². The van der Waals surface area contributed by atoms with Crippen molar-refractivity contribution in [1.29, 1.82) is 5.26 Å². The van der Waals surface area contributed by atoms with Gasteiger partial charge in [0.15, 0.2) is 0 Å². The summed E-state index contributed by atoms with van der Waals surface area (Å²) in [5.74, 6) is 1.62. The fourth-order valence-electron chi connectivity index (χ4n) is 2.84. The zero-order valence-corrected chi connectivity index (χ0v) is 9.28. The van der Waals surface area contributed by atoms with Gasteiger partial charge in [-0.1, -0.05) is 13.3 Å². The van der Waals surface area contributed by atoms with Crippen LogP contribution in [0, 0.1) is 29.1 Å². The Labute approximate surface area is 91.1 Å². The normalized spacial score (nSPS) is 35.9. The molecule has 2 aliphatic rings. The topological polar surface area (TPSA) is 44.1 Å². The van der Waals surface area contributed by atoms with Crippen molar-refractivity contribution < 1.29 is 4.79 Å². The zero-order chi connectivity index (χ0) is 10.8. The number of hydrogen-bond acceptors (Lipinski definition) is 2. The number of hydrogen-bond donors (Lipinski definition) is 0. The van der Waals surface area contributed by atoms with Crippen LogP contribution in [0.1, 0.15) is 32.6 Å². The number of carbonyl (C=O) groups excluding carboxylic acids is 1. The molecule has 1 amide bonds. The second kappa shape index (κ2) is 4.22. The van der Waals surface area contributed by atoms with E-state index in [1.807, 2.05) is 4.90 Å². The number of likely N-dealkylation sites (tertiary alicyclic amines) is 1. The third-order valence-electron chi connectivity index (χ3n) is 3.68. The van der Waals surface area contributed by atoms with E-state index in [0.717, 1.165) is 12.5 Å². The minimum absolute atomic E-state index is 0.0590. The zero-order valence-electron chi connectivity index (χ0n) is 9.28. The highest BCUT2D eigenvalue weighted by Gasteiger charge is 2.32. The number of amides is 1. The van der Waals surface area contributed by atoms with Crippen molar-refractivity contribution in [2.75, 3.05) is 13.1 Å². The van der Waals surface area contributed by atoms with Crippen LogP contribution in [0.2, 0.25) is 0 Å². The van der Waals surface area contributed by atoms with Crippen LogP contribution < -0.4 is 0 Å². The molecule has 3 atom stereocenters. The molecule has 3 heteroatoms. The van der Waals surface area contributed by atoms with Crippen molar-refractivity contribution in [3.63, 3.8) is 0 Å². The standard InChI is InChI=1S/C12H18N2O/c1-9-2-3-10(4-9)7-14-8-11(6-13)5-12(14)15/h9-11H,2-5,7-8H2,1H3. The summed E-state index contributed by atoms with van der Waals surface area (Å²) in [6.07, 6.45) is 4.25. The first kappa shape index (κ1) is 10.5. The van der Waals surface area contributed by atoms with Gasteiger partial charge in [0.1, 0.15) is 0 Å². The maximum Gasteiger partial charge on any atom is 0.224 e. The maximum atomic E-state index is 11.6. The molecular formula is C12H18N2O. The van der Waals surface area contributed by atoms with Gasteiger partial charge in [-0.2, -0.15) is 5.26 Å². The predicted octanol–water partition coefficient (Wildman–Crippen LogP) is 1.79. The van der Waals surface area contributed by atoms with Gasteiger partial charge in [-0.3, -0.25) is 4.79 Å². The average Bonchev–Trinajstić information content (AvgIpc) is 2.75. The van der Waals surface area contributed by atoms with Crippen LogP contribution in [-0.4, -0.2) is 23.9 Å². The van der Waals surface area contributed by atoms with Crippen molar-refractivity contribution in [3.8, 4) is 6.07 Å². The van der Waals surface area contributed by atoms with E-state index in [-0.39, 0.29) is 11.8 Å². The smallest absolute Gasteiger partial charge is 0.224 e. The molecule has 1 heterocycles. The molecule has 3 unspecified atom stereocenters. The largest absolute Gasteiger partial charge is 0.341 e. The van der Waals surface area contributed by atoms with Crippen LogP contribution in [0.4, 0.5) is 0 Å². The van der Waals surface area contributed by atoms with E-state index in [4.69, 9.17) is 5.26 Å². The van der Waals surface area contributed by atoms with E-state index < -0.39 is 0 Å². The molecule has 1 saturated heterocycles. The second-order valence-electron chi connectivity index (χ2n) is 5.11. The fourth-order valence-corrected chi connectivity index (χ4v) is 2.84. The fraction of sp³-hybridized carbons (Fsp3) is 0.833. The van der Waals surface area contributed by atoms with Crippen LogP contribution >= 0.6 is 0 Å². The molecule has 15 heavy (non-hydrogen) atoms. The van der Waals surface area contributed by atoms with Gasteiger partial charge in [-0.05, 0) is 24.7 Å². The number of rotatable bonds is 2. The van der Waals surface area contributed by atoms with E-state index in [9.17, 15) is 4.79 Å². The first-order chi connectivity index (χ1) is 7.19. The predicted molar refractivity (Wildman–Crippen MR) is 56.8 cm³/mol. The van der Waals surface area contributed by atoms with E-state index in [0.29, 0.717) is 18.9 Å². The van der Waals surface area contributed by atoms with Gasteiger partial charge in [-0.25, -0.2) is 0 Å². The maximum absolute atomic E-state index is 11.6. The Kier molecular flexibility index (Phi) is 2.95. The molecule has 0 spiro atoms. The average molecular weight is 206 g/mol. The van der Waals surface area contributed by atoms with Crippen molar-refractivity contribution >= 4 is 5.91 Å². The van der Waals surface area contributed by atoms with Crippen molar-refractivity contribution in [2.45, 2.75) is 32.6 Å². The van der Waals surface area contributed by atoms with Crippen LogP contribution in [0.3, 0.4) is 0 Å². The summed E-state index contributed by atoms with van der Waals surface area (Å²) in [4.78, 5) is 13.5. The Bertz CT molecular complexity index is 294. The third-order valence-corrected chi connectivity index (χ3v) is 3.68. The lowest BCUT2D eigenvalue weighted by molar-refractivity contribution is -0.128. The molecule has 3 nitrogen and oxygen atoms in total. The second-order valence-corrected chi connectivity index (χ2v) is 5.11. The lowest BCUT2D eigenvalue weighted by Gasteiger charge is -2.20. The molecule has 0 aromatic carbocycles. The molecule has 1 aliphatic carbocycles. The summed E-state index contributed by atoms with van der Waals surface area (Å²) in [6, 6.07) is 2.20. The first-order valence-corrected chi connectivity index (χ1v) is 5.86. The molecule has 2 rings (SSSR count). The quantitative estimate of drug-likeness (QED) is 0.691. The summed E-state index contributed by atoms with van der Waals surface area (Å²) in [5.41, 5.74) is 0. The highest BCUT2D eigenvalue weighted by Crippen LogP contribution is 2.32. The molecule has 0 aromatic rings. The Balaban J connectivity index is 1.85. The van der Waals surface area contributed by atoms with Gasteiger partial charge in [0.05, 0.1) is 12.0 Å². The summed E-state index contributed by atoms with van der Waals surface area (Å²) in [6.45, 7) is 3.84. The lowest BCUT2D eigenvalue weighted by Crippen LogP contribution is -2.30. The molecular weight excluding hydrogens is 188 g/mol. The summed E-state index contributed by atoms with van der Waals surface area (Å²) in [5, 5.41) is 8.78. The number of carbonyl (C=O) groups is 1. The van der Waals surface area contributed by atoms with Crippen molar-refractivity contribution in [1.82, 2.24) is 4.90 Å². The highest BCUT2D eigenvalue weighted by molar-refractivity contribution is 5.79. The molecule has 0 radical (unpaired) electrons. The number of nitriles is 1. The van der Waals surface area contributed by atoms with E-state index in [1.165, 1.54) is 19.3 Å². The Morgan fingerprint density at radius 2 is 2.33 bits per heavy atom. The molecule has 2 fully saturated rings. The highest BCUT2D eigenvalue weighted by atomic mass is 16.2. The molecule has 0 bridgehead atoms. The van der Waals surface area contributed by atoms with E-state index in [2.05, 4.69) is 13.0 Å². The Hall–Kier alpha value is -1.04. The molecule has 1 aliphatic heterocycles. The van der Waals surface area contributed by atoms with Gasteiger partial charge in [-0.15, -0.1) is 0 Å². The third kappa shape index (κ3) is 2.31. The molecule has 82 valence electrons. The van der Waals surface area contributed by atoms with E-state index >= 15 is 0 Å². The molecule has 1 saturated carbocycles. The minimum atomic E-state index is -0.0590. The van der Waals surface area contributed by atoms with Gasteiger partial charge in [0, 0.05) is 19.5 Å². The van der Waals surface area contributed by atoms with Crippen molar-refractivity contribution in [2.24, 2.45) is 17.8 Å². The lowest BCUT2D eigenvalue weighted by atomic mass is 10.1. The number of nitrogens with zero attached hydrogens (tertiary/aromatic N) is 2. The molecule has 0 N–H and O–H groups in total. The van der Waals surface area contributed by atoms with Gasteiger partial charge in [0.2, 0.25) is 5.91 Å². The van der Waals surface area contributed by atoms with Crippen molar-refractivity contribution in [3.05, 3.63) is 0 Å². The first-order valence-electron chi connectivity index (χ1n) is 5.86. The van der Waals surface area contributed by atoms with Gasteiger partial charge < -0.3 is 4.90 Å². The summed E-state index contributed by atoms with van der Waals surface area (Å²) in [7, 11) is 0. The monoisotopic (exact) mass is 206 g/mol. The summed E-state index contributed by atoms with van der Waals surface area (Å²) >= 11 is 0.